The molecule has 0 saturated carbocycles. The number of amidine groups is 1. The Bertz CT molecular complexity index is 971. The van der Waals surface area contributed by atoms with Crippen LogP contribution in [-0.2, 0) is 4.74 Å². The van der Waals surface area contributed by atoms with Gasteiger partial charge in [-0.05, 0) is 26.3 Å². The van der Waals surface area contributed by atoms with Crippen LogP contribution in [0.1, 0.15) is 32.0 Å². The fourth-order valence-electron chi connectivity index (χ4n) is 2.94. The molecule has 3 rings (SSSR count). The average Bonchev–Trinajstić information content (AvgIpc) is 2.96. The highest BCUT2D eigenvalue weighted by Crippen LogP contribution is 2.22. The average molecular weight is 433 g/mol. The number of allylic oxidation sites excluding steroid dienone is 1. The Morgan fingerprint density at radius 3 is 2.81 bits per heavy atom. The molecule has 2 aromatic heterocycles. The second kappa shape index (κ2) is 10.1. The highest BCUT2D eigenvalue weighted by Gasteiger charge is 2.19. The third-order valence-electron chi connectivity index (χ3n) is 4.31. The molecule has 0 amide bonds. The van der Waals surface area contributed by atoms with Crippen LogP contribution in [0.5, 0.6) is 0 Å². The molecule has 31 heavy (non-hydrogen) atoms. The van der Waals surface area contributed by atoms with Gasteiger partial charge >= 0.3 is 0 Å². The lowest BCUT2D eigenvalue weighted by atomic mass is 10.2. The lowest BCUT2D eigenvalue weighted by molar-refractivity contribution is 0.152. The van der Waals surface area contributed by atoms with Gasteiger partial charge in [0.05, 0.1) is 24.5 Å². The summed E-state index contributed by atoms with van der Waals surface area (Å²) in [7, 11) is 0. The minimum absolute atomic E-state index is 0.0257. The van der Waals surface area contributed by atoms with E-state index in [4.69, 9.17) is 16.2 Å². The minimum Gasteiger partial charge on any atom is -0.402 e. The van der Waals surface area contributed by atoms with E-state index in [0.29, 0.717) is 37.9 Å². The standard InChI is InChI=1S/C19H25F2N9O/c1-11(22)8-15(23)26-18-27-17(25-12(2)16-14(21)9-13(20)10-24-16)28-19(29-18)30-4-3-6-31-7-5-30/h8-10,12H,3-7,22H2,1-2H3,(H3,23,25,26,27,28,29)/b11-8-/t12-/m0/s1. The topological polar surface area (TPSA) is 140 Å². The number of nitrogens with one attached hydrogen (secondary N) is 1. The summed E-state index contributed by atoms with van der Waals surface area (Å²) in [6.45, 7) is 5.80. The predicted molar refractivity (Wildman–Crippen MR) is 113 cm³/mol. The summed E-state index contributed by atoms with van der Waals surface area (Å²) >= 11 is 0. The van der Waals surface area contributed by atoms with E-state index < -0.39 is 17.7 Å². The van der Waals surface area contributed by atoms with Gasteiger partial charge < -0.3 is 26.4 Å². The summed E-state index contributed by atoms with van der Waals surface area (Å²) in [4.78, 5) is 23.0. The molecule has 2 aromatic rings. The molecule has 0 bridgehead atoms. The smallest absolute Gasteiger partial charge is 0.257 e. The van der Waals surface area contributed by atoms with Crippen LogP contribution in [0.2, 0.25) is 0 Å². The normalized spacial score (nSPS) is 16.7. The highest BCUT2D eigenvalue weighted by molar-refractivity contribution is 5.93. The zero-order valence-corrected chi connectivity index (χ0v) is 17.3. The van der Waals surface area contributed by atoms with Gasteiger partial charge in [-0.15, -0.1) is 0 Å². The van der Waals surface area contributed by atoms with Gasteiger partial charge in [-0.2, -0.15) is 19.9 Å². The van der Waals surface area contributed by atoms with E-state index in [9.17, 15) is 8.78 Å². The largest absolute Gasteiger partial charge is 0.402 e. The van der Waals surface area contributed by atoms with Gasteiger partial charge in [0.25, 0.3) is 5.95 Å². The van der Waals surface area contributed by atoms with Crippen molar-refractivity contribution in [3.63, 3.8) is 0 Å². The monoisotopic (exact) mass is 433 g/mol. The maximum Gasteiger partial charge on any atom is 0.257 e. The Labute approximate surface area is 178 Å². The quantitative estimate of drug-likeness (QED) is 0.459. The number of aliphatic imine (C=N–C) groups is 1. The van der Waals surface area contributed by atoms with Gasteiger partial charge in [0, 0.05) is 31.5 Å². The first kappa shape index (κ1) is 22.3. The van der Waals surface area contributed by atoms with Crippen molar-refractivity contribution in [2.24, 2.45) is 16.5 Å². The summed E-state index contributed by atoms with van der Waals surface area (Å²) in [6.07, 6.45) is 3.24. The number of hydrogen-bond donors (Lipinski definition) is 3. The number of pyridine rings is 1. The molecular weight excluding hydrogens is 408 g/mol. The van der Waals surface area contributed by atoms with Crippen molar-refractivity contribution in [2.75, 3.05) is 36.5 Å². The molecule has 12 heteroatoms. The van der Waals surface area contributed by atoms with Crippen LogP contribution < -0.4 is 21.7 Å². The molecule has 0 spiro atoms. The van der Waals surface area contributed by atoms with Crippen LogP contribution >= 0.6 is 0 Å². The Balaban J connectivity index is 1.94. The van der Waals surface area contributed by atoms with Crippen LogP contribution in [0, 0.1) is 11.6 Å². The van der Waals surface area contributed by atoms with Crippen molar-refractivity contribution in [1.82, 2.24) is 19.9 Å². The van der Waals surface area contributed by atoms with E-state index in [1.54, 1.807) is 13.8 Å². The molecule has 0 radical (unpaired) electrons. The third kappa shape index (κ3) is 6.28. The molecule has 5 N–H and O–H groups in total. The van der Waals surface area contributed by atoms with E-state index in [0.717, 1.165) is 18.7 Å². The van der Waals surface area contributed by atoms with Crippen molar-refractivity contribution in [2.45, 2.75) is 26.3 Å². The van der Waals surface area contributed by atoms with Crippen molar-refractivity contribution in [3.05, 3.63) is 41.4 Å². The SMILES string of the molecule is C/C(N)=C/C(N)=N\c1nc(N[C@@H](C)c2ncc(F)cc2F)nc(N2CCCOCC2)n1. The van der Waals surface area contributed by atoms with Crippen LogP contribution in [0.25, 0.3) is 0 Å². The molecular formula is C19H25F2N9O. The summed E-state index contributed by atoms with van der Waals surface area (Å²) in [6, 6.07) is 0.123. The lowest BCUT2D eigenvalue weighted by Gasteiger charge is -2.21. The highest BCUT2D eigenvalue weighted by atomic mass is 19.1. The van der Waals surface area contributed by atoms with E-state index in [2.05, 4.69) is 30.2 Å². The Morgan fingerprint density at radius 1 is 1.26 bits per heavy atom. The number of rotatable bonds is 6. The summed E-state index contributed by atoms with van der Waals surface area (Å²) in [5.74, 6) is -0.815. The molecule has 3 heterocycles. The molecule has 0 aromatic carbocycles. The first-order valence-corrected chi connectivity index (χ1v) is 9.76. The summed E-state index contributed by atoms with van der Waals surface area (Å²) in [5, 5.41) is 2.97. The Hall–Kier alpha value is -3.41. The molecule has 0 aliphatic carbocycles. The van der Waals surface area contributed by atoms with Crippen molar-refractivity contribution >= 4 is 23.7 Å². The first-order chi connectivity index (χ1) is 14.8. The molecule has 1 saturated heterocycles. The number of nitrogens with two attached hydrogens (primary N) is 2. The van der Waals surface area contributed by atoms with Gasteiger partial charge in [0.15, 0.2) is 0 Å². The maximum absolute atomic E-state index is 14.1. The lowest BCUT2D eigenvalue weighted by Crippen LogP contribution is -2.28. The second-order valence-electron chi connectivity index (χ2n) is 7.02. The Morgan fingerprint density at radius 2 is 2.06 bits per heavy atom. The first-order valence-electron chi connectivity index (χ1n) is 9.76. The zero-order valence-electron chi connectivity index (χ0n) is 17.3. The van der Waals surface area contributed by atoms with E-state index in [-0.39, 0.29) is 23.4 Å². The molecule has 0 unspecified atom stereocenters. The van der Waals surface area contributed by atoms with E-state index >= 15 is 0 Å². The predicted octanol–water partition coefficient (Wildman–Crippen LogP) is 1.80. The van der Waals surface area contributed by atoms with Gasteiger partial charge in [-0.25, -0.2) is 8.78 Å². The molecule has 1 aliphatic rings. The van der Waals surface area contributed by atoms with Gasteiger partial charge in [0.1, 0.15) is 17.5 Å². The number of halogens is 2. The minimum atomic E-state index is -0.773. The third-order valence-corrected chi connectivity index (χ3v) is 4.31. The van der Waals surface area contributed by atoms with E-state index in [1.807, 2.05) is 4.90 Å². The molecule has 1 aliphatic heterocycles. The molecule has 1 fully saturated rings. The zero-order chi connectivity index (χ0) is 22.4. The van der Waals surface area contributed by atoms with Crippen molar-refractivity contribution in [1.29, 1.82) is 0 Å². The number of hydrogen-bond acceptors (Lipinski definition) is 9. The van der Waals surface area contributed by atoms with Crippen molar-refractivity contribution in [3.8, 4) is 0 Å². The van der Waals surface area contributed by atoms with Crippen LogP contribution in [0.3, 0.4) is 0 Å². The molecule has 10 nitrogen and oxygen atoms in total. The van der Waals surface area contributed by atoms with Crippen LogP contribution in [-0.4, -0.2) is 52.1 Å². The summed E-state index contributed by atoms with van der Waals surface area (Å²) < 4.78 is 32.8. The number of anilines is 2. The second-order valence-corrected chi connectivity index (χ2v) is 7.02. The number of aromatic nitrogens is 4. The maximum atomic E-state index is 14.1. The van der Waals surface area contributed by atoms with Crippen LogP contribution in [0.15, 0.2) is 29.0 Å². The fourth-order valence-corrected chi connectivity index (χ4v) is 2.94. The van der Waals surface area contributed by atoms with Crippen LogP contribution in [0.4, 0.5) is 26.6 Å². The molecule has 166 valence electrons. The van der Waals surface area contributed by atoms with Gasteiger partial charge in [-0.1, -0.05) is 0 Å². The van der Waals surface area contributed by atoms with Gasteiger partial charge in [-0.3, -0.25) is 4.98 Å². The number of nitrogens with zero attached hydrogens (tertiary/aromatic N) is 6. The van der Waals surface area contributed by atoms with E-state index in [1.165, 1.54) is 6.08 Å². The number of ether oxygens (including phenoxy) is 1. The Kier molecular flexibility index (Phi) is 7.23. The van der Waals surface area contributed by atoms with Crippen molar-refractivity contribution < 1.29 is 13.5 Å². The fraction of sp³-hybridized carbons (Fsp3) is 0.421. The summed E-state index contributed by atoms with van der Waals surface area (Å²) in [5.41, 5.74) is 12.0. The van der Waals surface area contributed by atoms with Gasteiger partial charge in [0.2, 0.25) is 11.9 Å². The molecule has 1 atom stereocenters.